The Kier molecular flexibility index (Phi) is 4.54. The van der Waals surface area contributed by atoms with Gasteiger partial charge >= 0.3 is 5.97 Å². The molecule has 134 valence electrons. The Labute approximate surface area is 147 Å². The van der Waals surface area contributed by atoms with Crippen LogP contribution in [0.25, 0.3) is 0 Å². The number of nitrogens with one attached hydrogen (secondary N) is 1. The molecule has 2 amide bonds. The molecule has 6 nitrogen and oxygen atoms in total. The fourth-order valence-electron chi connectivity index (χ4n) is 3.75. The fourth-order valence-corrected chi connectivity index (χ4v) is 3.75. The highest BCUT2D eigenvalue weighted by Gasteiger charge is 2.43. The topological polar surface area (TPSA) is 86.7 Å². The molecule has 1 saturated heterocycles. The van der Waals surface area contributed by atoms with E-state index >= 15 is 0 Å². The number of benzene rings is 1. The summed E-state index contributed by atoms with van der Waals surface area (Å²) in [7, 11) is 0. The largest absolute Gasteiger partial charge is 0.481 e. The van der Waals surface area contributed by atoms with Crippen molar-refractivity contribution in [2.45, 2.75) is 51.5 Å². The van der Waals surface area contributed by atoms with E-state index in [1.54, 1.807) is 4.90 Å². The lowest BCUT2D eigenvalue weighted by Gasteiger charge is -2.42. The zero-order chi connectivity index (χ0) is 18.2. The van der Waals surface area contributed by atoms with Crippen molar-refractivity contribution in [1.29, 1.82) is 0 Å². The van der Waals surface area contributed by atoms with Gasteiger partial charge < -0.3 is 15.3 Å². The Morgan fingerprint density at radius 2 is 2.04 bits per heavy atom. The average molecular weight is 344 g/mol. The van der Waals surface area contributed by atoms with Gasteiger partial charge in [-0.3, -0.25) is 14.4 Å². The van der Waals surface area contributed by atoms with Crippen molar-refractivity contribution in [1.82, 2.24) is 5.32 Å². The summed E-state index contributed by atoms with van der Waals surface area (Å²) < 4.78 is 0. The molecule has 2 fully saturated rings. The number of carbonyl (C=O) groups is 3. The number of anilines is 1. The van der Waals surface area contributed by atoms with Gasteiger partial charge in [-0.05, 0) is 50.3 Å². The zero-order valence-electron chi connectivity index (χ0n) is 14.7. The van der Waals surface area contributed by atoms with Crippen LogP contribution >= 0.6 is 0 Å². The molecule has 0 aromatic heterocycles. The normalized spacial score (nSPS) is 21.8. The lowest BCUT2D eigenvalue weighted by molar-refractivity contribution is -0.141. The van der Waals surface area contributed by atoms with Crippen LogP contribution in [-0.4, -0.2) is 35.0 Å². The summed E-state index contributed by atoms with van der Waals surface area (Å²) in [6.45, 7) is 4.31. The predicted molar refractivity (Wildman–Crippen MR) is 93.4 cm³/mol. The molecule has 3 rings (SSSR count). The number of nitrogens with zero attached hydrogens (tertiary/aromatic N) is 1. The lowest BCUT2D eigenvalue weighted by Crippen LogP contribution is -2.56. The van der Waals surface area contributed by atoms with Gasteiger partial charge in [0.05, 0.1) is 17.9 Å². The van der Waals surface area contributed by atoms with Crippen LogP contribution in [0.5, 0.6) is 0 Å². The van der Waals surface area contributed by atoms with Crippen molar-refractivity contribution in [2.24, 2.45) is 5.92 Å². The first-order chi connectivity index (χ1) is 11.8. The standard InChI is InChI=1S/C19H24N2O4/c1-12-5-3-6-15(13(12)2)21-11-14(9-16(21)22)18(25)20-19(7-4-8-19)10-17(23)24/h3,5-6,14H,4,7-11H2,1-2H3,(H,20,25)(H,23,24). The van der Waals surface area contributed by atoms with E-state index < -0.39 is 17.4 Å². The molecule has 1 aliphatic carbocycles. The molecule has 0 spiro atoms. The SMILES string of the molecule is Cc1cccc(N2CC(C(=O)NC3(CC(=O)O)CCC3)CC2=O)c1C. The maximum absolute atomic E-state index is 12.6. The molecule has 1 aromatic carbocycles. The van der Waals surface area contributed by atoms with Crippen LogP contribution in [0.1, 0.15) is 43.2 Å². The van der Waals surface area contributed by atoms with Crippen LogP contribution in [0.2, 0.25) is 0 Å². The van der Waals surface area contributed by atoms with Gasteiger partial charge in [-0.1, -0.05) is 12.1 Å². The smallest absolute Gasteiger partial charge is 0.305 e. The van der Waals surface area contributed by atoms with E-state index in [0.717, 1.165) is 23.2 Å². The molecule has 2 N–H and O–H groups in total. The van der Waals surface area contributed by atoms with Gasteiger partial charge in [0.2, 0.25) is 11.8 Å². The summed E-state index contributed by atoms with van der Waals surface area (Å²) in [5.74, 6) is -1.60. The highest BCUT2D eigenvalue weighted by Crippen LogP contribution is 2.36. The van der Waals surface area contributed by atoms with E-state index in [1.807, 2.05) is 32.0 Å². The van der Waals surface area contributed by atoms with E-state index in [0.29, 0.717) is 19.4 Å². The minimum Gasteiger partial charge on any atom is -0.481 e. The molecule has 1 aromatic rings. The van der Waals surface area contributed by atoms with Crippen LogP contribution in [0.3, 0.4) is 0 Å². The van der Waals surface area contributed by atoms with Crippen molar-refractivity contribution in [3.05, 3.63) is 29.3 Å². The number of aryl methyl sites for hydroxylation is 1. The van der Waals surface area contributed by atoms with Crippen molar-refractivity contribution in [2.75, 3.05) is 11.4 Å². The minimum atomic E-state index is -0.903. The molecule has 1 saturated carbocycles. The predicted octanol–water partition coefficient (Wildman–Crippen LogP) is 2.17. The monoisotopic (exact) mass is 344 g/mol. The first-order valence-electron chi connectivity index (χ1n) is 8.72. The van der Waals surface area contributed by atoms with Crippen LogP contribution in [-0.2, 0) is 14.4 Å². The highest BCUT2D eigenvalue weighted by atomic mass is 16.4. The molecule has 6 heteroatoms. The van der Waals surface area contributed by atoms with Crippen molar-refractivity contribution in [3.63, 3.8) is 0 Å². The maximum Gasteiger partial charge on any atom is 0.305 e. The number of hydrogen-bond acceptors (Lipinski definition) is 3. The minimum absolute atomic E-state index is 0.0554. The summed E-state index contributed by atoms with van der Waals surface area (Å²) in [6.07, 6.45) is 2.41. The van der Waals surface area contributed by atoms with E-state index in [2.05, 4.69) is 5.32 Å². The molecule has 1 unspecified atom stereocenters. The molecule has 1 atom stereocenters. The van der Waals surface area contributed by atoms with Crippen molar-refractivity contribution < 1.29 is 19.5 Å². The van der Waals surface area contributed by atoms with Crippen molar-refractivity contribution >= 4 is 23.5 Å². The molecule has 1 heterocycles. The molecular formula is C19H24N2O4. The quantitative estimate of drug-likeness (QED) is 0.857. The molecular weight excluding hydrogens is 320 g/mol. The molecule has 0 bridgehead atoms. The third kappa shape index (κ3) is 3.38. The number of amides is 2. The van der Waals surface area contributed by atoms with Crippen molar-refractivity contribution in [3.8, 4) is 0 Å². The Hall–Kier alpha value is -2.37. The van der Waals surface area contributed by atoms with Gasteiger partial charge in [0.25, 0.3) is 0 Å². The second kappa shape index (κ2) is 6.50. The first kappa shape index (κ1) is 17.5. The maximum atomic E-state index is 12.6. The molecule has 0 radical (unpaired) electrons. The second-order valence-corrected chi connectivity index (χ2v) is 7.32. The summed E-state index contributed by atoms with van der Waals surface area (Å²) in [4.78, 5) is 37.8. The Morgan fingerprint density at radius 1 is 1.32 bits per heavy atom. The molecule has 2 aliphatic rings. The number of carboxylic acids is 1. The summed E-state index contributed by atoms with van der Waals surface area (Å²) in [6, 6.07) is 5.81. The fraction of sp³-hybridized carbons (Fsp3) is 0.526. The van der Waals surface area contributed by atoms with Gasteiger partial charge in [-0.2, -0.15) is 0 Å². The third-order valence-electron chi connectivity index (χ3n) is 5.55. The van der Waals surface area contributed by atoms with Gasteiger partial charge in [0.15, 0.2) is 0 Å². The number of aliphatic carboxylic acids is 1. The van der Waals surface area contributed by atoms with Gasteiger partial charge in [0, 0.05) is 18.7 Å². The van der Waals surface area contributed by atoms with Crippen LogP contribution in [0, 0.1) is 19.8 Å². The Balaban J connectivity index is 1.71. The third-order valence-corrected chi connectivity index (χ3v) is 5.55. The molecule has 25 heavy (non-hydrogen) atoms. The lowest BCUT2D eigenvalue weighted by atomic mass is 9.74. The Morgan fingerprint density at radius 3 is 2.64 bits per heavy atom. The van der Waals surface area contributed by atoms with E-state index in [-0.39, 0.29) is 24.7 Å². The summed E-state index contributed by atoms with van der Waals surface area (Å²) >= 11 is 0. The Bertz CT molecular complexity index is 724. The van der Waals surface area contributed by atoms with Gasteiger partial charge in [-0.15, -0.1) is 0 Å². The number of carboxylic acid groups (broad SMARTS) is 1. The summed E-state index contributed by atoms with van der Waals surface area (Å²) in [5.41, 5.74) is 2.37. The number of hydrogen-bond donors (Lipinski definition) is 2. The number of carbonyl (C=O) groups excluding carboxylic acids is 2. The van der Waals surface area contributed by atoms with Crippen LogP contribution in [0.4, 0.5) is 5.69 Å². The molecule has 1 aliphatic heterocycles. The average Bonchev–Trinajstić information content (AvgIpc) is 2.89. The van der Waals surface area contributed by atoms with E-state index in [4.69, 9.17) is 5.11 Å². The first-order valence-corrected chi connectivity index (χ1v) is 8.72. The summed E-state index contributed by atoms with van der Waals surface area (Å²) in [5, 5.41) is 12.0. The van der Waals surface area contributed by atoms with Gasteiger partial charge in [-0.25, -0.2) is 0 Å². The highest BCUT2D eigenvalue weighted by molar-refractivity contribution is 6.01. The van der Waals surface area contributed by atoms with Gasteiger partial charge in [0.1, 0.15) is 0 Å². The van der Waals surface area contributed by atoms with Crippen LogP contribution in [0.15, 0.2) is 18.2 Å². The van der Waals surface area contributed by atoms with E-state index in [1.165, 1.54) is 0 Å². The van der Waals surface area contributed by atoms with Crippen LogP contribution < -0.4 is 10.2 Å². The number of rotatable bonds is 5. The second-order valence-electron chi connectivity index (χ2n) is 7.32. The zero-order valence-corrected chi connectivity index (χ0v) is 14.7. The van der Waals surface area contributed by atoms with E-state index in [9.17, 15) is 14.4 Å².